The van der Waals surface area contributed by atoms with Gasteiger partial charge in [-0.3, -0.25) is 9.69 Å². The summed E-state index contributed by atoms with van der Waals surface area (Å²) in [5, 5.41) is 4.11. The zero-order chi connectivity index (χ0) is 19.4. The molecule has 1 atom stereocenters. The van der Waals surface area contributed by atoms with E-state index in [1.165, 1.54) is 32.1 Å². The van der Waals surface area contributed by atoms with Crippen LogP contribution in [0.2, 0.25) is 0 Å². The maximum Gasteiger partial charge on any atom is 0.232 e. The maximum atomic E-state index is 12.7. The first-order valence-corrected chi connectivity index (χ1v) is 10.7. The summed E-state index contributed by atoms with van der Waals surface area (Å²) in [5.74, 6) is 3.03. The highest BCUT2D eigenvalue weighted by atomic mass is 16.5. The third-order valence-corrected chi connectivity index (χ3v) is 6.15. The molecule has 0 radical (unpaired) electrons. The molecule has 1 amide bonds. The summed E-state index contributed by atoms with van der Waals surface area (Å²) >= 11 is 0. The highest BCUT2D eigenvalue weighted by Crippen LogP contribution is 2.31. The van der Waals surface area contributed by atoms with Gasteiger partial charge in [-0.25, -0.2) is 0 Å². The number of hydrogen-bond acceptors (Lipinski definition) is 5. The average Bonchev–Trinajstić information content (AvgIpc) is 3.12. The van der Waals surface area contributed by atoms with Gasteiger partial charge in [-0.15, -0.1) is 0 Å². The van der Waals surface area contributed by atoms with Gasteiger partial charge in [0.15, 0.2) is 5.82 Å². The van der Waals surface area contributed by atoms with Crippen molar-refractivity contribution in [2.75, 3.05) is 26.2 Å². The zero-order valence-electron chi connectivity index (χ0n) is 17.5. The third kappa shape index (κ3) is 5.53. The minimum atomic E-state index is -0.120. The van der Waals surface area contributed by atoms with Gasteiger partial charge in [0.2, 0.25) is 11.8 Å². The normalized spacial score (nSPS) is 21.4. The molecule has 1 aromatic heterocycles. The molecule has 2 fully saturated rings. The molecule has 0 spiro atoms. The van der Waals surface area contributed by atoms with E-state index in [2.05, 4.69) is 42.7 Å². The Kier molecular flexibility index (Phi) is 6.56. The Hall–Kier alpha value is -1.43. The van der Waals surface area contributed by atoms with Gasteiger partial charge in [-0.1, -0.05) is 65.0 Å². The number of carbonyl (C=O) groups excluding carboxylic acids is 1. The first kappa shape index (κ1) is 20.3. The van der Waals surface area contributed by atoms with Gasteiger partial charge in [-0.05, 0) is 11.8 Å². The predicted molar refractivity (Wildman–Crippen MR) is 105 cm³/mol. The van der Waals surface area contributed by atoms with Crippen LogP contribution in [-0.2, 0) is 16.8 Å². The minimum Gasteiger partial charge on any atom is -0.340 e. The number of rotatable bonds is 5. The van der Waals surface area contributed by atoms with Gasteiger partial charge >= 0.3 is 0 Å². The van der Waals surface area contributed by atoms with Crippen molar-refractivity contribution >= 4 is 5.91 Å². The Morgan fingerprint density at radius 3 is 2.41 bits per heavy atom. The Labute approximate surface area is 163 Å². The monoisotopic (exact) mass is 376 g/mol. The lowest BCUT2D eigenvalue weighted by Crippen LogP contribution is -2.48. The number of amides is 1. The highest BCUT2D eigenvalue weighted by molar-refractivity contribution is 5.76. The molecule has 152 valence electrons. The molecule has 0 unspecified atom stereocenters. The molecular weight excluding hydrogens is 340 g/mol. The van der Waals surface area contributed by atoms with Crippen molar-refractivity contribution < 1.29 is 9.32 Å². The quantitative estimate of drug-likeness (QED) is 0.785. The topological polar surface area (TPSA) is 62.5 Å². The number of hydrogen-bond donors (Lipinski definition) is 0. The Morgan fingerprint density at radius 2 is 1.81 bits per heavy atom. The molecular formula is C21H36N4O2. The van der Waals surface area contributed by atoms with E-state index < -0.39 is 0 Å². The fourth-order valence-electron chi connectivity index (χ4n) is 4.25. The molecule has 1 aliphatic carbocycles. The van der Waals surface area contributed by atoms with Crippen LogP contribution >= 0.6 is 0 Å². The average molecular weight is 377 g/mol. The summed E-state index contributed by atoms with van der Waals surface area (Å²) in [6.45, 7) is 12.6. The lowest BCUT2D eigenvalue weighted by molar-refractivity contribution is -0.134. The Bertz CT molecular complexity index is 608. The Morgan fingerprint density at radius 1 is 1.15 bits per heavy atom. The molecule has 3 rings (SSSR count). The fourth-order valence-corrected chi connectivity index (χ4v) is 4.25. The van der Waals surface area contributed by atoms with Crippen LogP contribution in [0.3, 0.4) is 0 Å². The summed E-state index contributed by atoms with van der Waals surface area (Å²) < 4.78 is 5.38. The van der Waals surface area contributed by atoms with E-state index in [4.69, 9.17) is 4.52 Å². The van der Waals surface area contributed by atoms with Crippen LogP contribution in [0.15, 0.2) is 4.52 Å². The summed E-state index contributed by atoms with van der Waals surface area (Å²) in [4.78, 5) is 21.6. The van der Waals surface area contributed by atoms with Crippen molar-refractivity contribution in [3.63, 3.8) is 0 Å². The number of piperazine rings is 1. The maximum absolute atomic E-state index is 12.7. The van der Waals surface area contributed by atoms with Crippen molar-refractivity contribution in [1.82, 2.24) is 19.9 Å². The third-order valence-electron chi connectivity index (χ3n) is 6.15. The second-order valence-electron chi connectivity index (χ2n) is 9.50. The van der Waals surface area contributed by atoms with Crippen molar-refractivity contribution in [3.05, 3.63) is 11.7 Å². The smallest absolute Gasteiger partial charge is 0.232 e. The molecule has 0 aromatic carbocycles. The summed E-state index contributed by atoms with van der Waals surface area (Å²) in [6.07, 6.45) is 7.39. The van der Waals surface area contributed by atoms with Gasteiger partial charge in [0.25, 0.3) is 0 Å². The predicted octanol–water partition coefficient (Wildman–Crippen LogP) is 3.62. The first-order valence-electron chi connectivity index (χ1n) is 10.7. The SMILES string of the molecule is C[C@@H](CC(=O)N1CCN(Cc2noc(C(C)(C)C)n2)CC1)C1CCCCC1. The van der Waals surface area contributed by atoms with Crippen molar-refractivity contribution in [2.24, 2.45) is 11.8 Å². The number of nitrogens with zero attached hydrogens (tertiary/aromatic N) is 4. The molecule has 1 saturated carbocycles. The molecule has 0 N–H and O–H groups in total. The molecule has 0 bridgehead atoms. The lowest BCUT2D eigenvalue weighted by Gasteiger charge is -2.35. The minimum absolute atomic E-state index is 0.120. The van der Waals surface area contributed by atoms with E-state index in [0.717, 1.165) is 37.9 Å². The number of carbonyl (C=O) groups is 1. The van der Waals surface area contributed by atoms with Crippen LogP contribution < -0.4 is 0 Å². The van der Waals surface area contributed by atoms with E-state index in [0.29, 0.717) is 30.7 Å². The largest absolute Gasteiger partial charge is 0.340 e. The Balaban J connectivity index is 1.43. The standard InChI is InChI=1S/C21H36N4O2/c1-16(17-8-6-5-7-9-17)14-19(26)25-12-10-24(11-13-25)15-18-22-20(27-23-18)21(2,3)4/h16-17H,5-15H2,1-4H3/t16-/m0/s1. The van der Waals surface area contributed by atoms with Crippen LogP contribution in [0.4, 0.5) is 0 Å². The van der Waals surface area contributed by atoms with Gasteiger partial charge in [-0.2, -0.15) is 4.98 Å². The van der Waals surface area contributed by atoms with Crippen LogP contribution in [0.1, 0.15) is 77.9 Å². The fraction of sp³-hybridized carbons (Fsp3) is 0.857. The molecule has 6 heteroatoms. The molecule has 27 heavy (non-hydrogen) atoms. The van der Waals surface area contributed by atoms with Crippen LogP contribution in [0.5, 0.6) is 0 Å². The van der Waals surface area contributed by atoms with Crippen LogP contribution in [0, 0.1) is 11.8 Å². The molecule has 2 heterocycles. The van der Waals surface area contributed by atoms with Crippen molar-refractivity contribution in [1.29, 1.82) is 0 Å². The molecule has 6 nitrogen and oxygen atoms in total. The molecule has 1 aliphatic heterocycles. The highest BCUT2D eigenvalue weighted by Gasteiger charge is 2.27. The van der Waals surface area contributed by atoms with E-state index in [1.54, 1.807) is 0 Å². The molecule has 2 aliphatic rings. The second kappa shape index (κ2) is 8.72. The van der Waals surface area contributed by atoms with Crippen molar-refractivity contribution in [3.8, 4) is 0 Å². The van der Waals surface area contributed by atoms with Crippen LogP contribution in [0.25, 0.3) is 0 Å². The first-order chi connectivity index (χ1) is 12.8. The van der Waals surface area contributed by atoms with E-state index in [-0.39, 0.29) is 5.41 Å². The lowest BCUT2D eigenvalue weighted by atomic mass is 9.79. The second-order valence-corrected chi connectivity index (χ2v) is 9.50. The molecule has 1 aromatic rings. The van der Waals surface area contributed by atoms with Gasteiger partial charge in [0.05, 0.1) is 6.54 Å². The zero-order valence-corrected chi connectivity index (χ0v) is 17.5. The van der Waals surface area contributed by atoms with E-state index in [9.17, 15) is 4.79 Å². The molecule has 1 saturated heterocycles. The van der Waals surface area contributed by atoms with Crippen molar-refractivity contribution in [2.45, 2.75) is 78.2 Å². The van der Waals surface area contributed by atoms with E-state index in [1.807, 2.05) is 4.90 Å². The van der Waals surface area contributed by atoms with Gasteiger partial charge < -0.3 is 9.42 Å². The van der Waals surface area contributed by atoms with Gasteiger partial charge in [0, 0.05) is 38.0 Å². The van der Waals surface area contributed by atoms with Gasteiger partial charge in [0.1, 0.15) is 0 Å². The van der Waals surface area contributed by atoms with E-state index >= 15 is 0 Å². The summed E-state index contributed by atoms with van der Waals surface area (Å²) in [7, 11) is 0. The summed E-state index contributed by atoms with van der Waals surface area (Å²) in [6, 6.07) is 0. The summed E-state index contributed by atoms with van der Waals surface area (Å²) in [5.41, 5.74) is -0.120. The van der Waals surface area contributed by atoms with Crippen LogP contribution in [-0.4, -0.2) is 52.0 Å². The number of aromatic nitrogens is 2.